The summed E-state index contributed by atoms with van der Waals surface area (Å²) in [7, 11) is 0. The van der Waals surface area contributed by atoms with Crippen molar-refractivity contribution in [2.45, 2.75) is 130 Å². The lowest BCUT2D eigenvalue weighted by atomic mass is 9.60. The molecule has 0 bridgehead atoms. The summed E-state index contributed by atoms with van der Waals surface area (Å²) in [6.45, 7) is 16.7. The molecule has 3 aliphatic carbocycles. The lowest BCUT2D eigenvalue weighted by Crippen LogP contribution is -2.39. The first-order chi connectivity index (χ1) is 17.7. The van der Waals surface area contributed by atoms with E-state index < -0.39 is 6.29 Å². The normalized spacial score (nSPS) is 37.7. The molecule has 4 heteroatoms. The lowest BCUT2D eigenvalue weighted by Gasteiger charge is -2.44. The predicted octanol–water partition coefficient (Wildman–Crippen LogP) is 8.32. The zero-order chi connectivity index (χ0) is 26.6. The maximum absolute atomic E-state index is 12.6. The van der Waals surface area contributed by atoms with Crippen molar-refractivity contribution in [1.82, 2.24) is 0 Å². The molecule has 4 aliphatic rings. The van der Waals surface area contributed by atoms with Gasteiger partial charge in [-0.2, -0.15) is 0 Å². The van der Waals surface area contributed by atoms with Gasteiger partial charge in [-0.3, -0.25) is 0 Å². The van der Waals surface area contributed by atoms with Gasteiger partial charge >= 0.3 is 5.97 Å². The summed E-state index contributed by atoms with van der Waals surface area (Å²) in [5, 5.41) is 0. The van der Waals surface area contributed by atoms with Crippen LogP contribution in [0, 0.1) is 29.1 Å². The van der Waals surface area contributed by atoms with E-state index in [0.29, 0.717) is 17.9 Å². The van der Waals surface area contributed by atoms with Crippen LogP contribution < -0.4 is 0 Å². The molecule has 3 saturated carbocycles. The van der Waals surface area contributed by atoms with Gasteiger partial charge in [-0.25, -0.2) is 4.79 Å². The van der Waals surface area contributed by atoms with Crippen LogP contribution in [-0.2, 0) is 19.0 Å². The number of ether oxygens (including phenoxy) is 3. The molecule has 1 aliphatic heterocycles. The van der Waals surface area contributed by atoms with Crippen LogP contribution in [0.4, 0.5) is 0 Å². The van der Waals surface area contributed by atoms with Crippen LogP contribution in [0.2, 0.25) is 0 Å². The van der Waals surface area contributed by atoms with Gasteiger partial charge < -0.3 is 14.2 Å². The highest BCUT2D eigenvalue weighted by molar-refractivity contribution is 5.73. The van der Waals surface area contributed by atoms with Gasteiger partial charge in [-0.05, 0) is 93.0 Å². The van der Waals surface area contributed by atoms with Gasteiger partial charge in [0.05, 0.1) is 12.7 Å². The van der Waals surface area contributed by atoms with Crippen molar-refractivity contribution >= 4 is 5.97 Å². The van der Waals surface area contributed by atoms with Gasteiger partial charge in [-0.15, -0.1) is 0 Å². The number of allylic oxidation sites excluding steroid dienone is 4. The third-order valence-electron chi connectivity index (χ3n) is 9.96. The molecule has 4 rings (SSSR count). The van der Waals surface area contributed by atoms with E-state index >= 15 is 0 Å². The number of hydrogen-bond acceptors (Lipinski definition) is 4. The van der Waals surface area contributed by atoms with Gasteiger partial charge in [-0.1, -0.05) is 76.8 Å². The highest BCUT2D eigenvalue weighted by Gasteiger charge is 2.50. The number of fused-ring (bicyclic) bond motifs is 1. The Balaban J connectivity index is 1.38. The first-order valence-electron chi connectivity index (χ1n) is 15.2. The van der Waals surface area contributed by atoms with Crippen molar-refractivity contribution in [3.8, 4) is 0 Å². The van der Waals surface area contributed by atoms with Crippen molar-refractivity contribution in [3.63, 3.8) is 0 Å². The number of carbonyl (C=O) groups excluding carboxylic acids is 1. The molecule has 0 spiro atoms. The average molecular weight is 513 g/mol. The van der Waals surface area contributed by atoms with Crippen LogP contribution in [0.25, 0.3) is 0 Å². The Hall–Kier alpha value is -1.39. The maximum atomic E-state index is 12.6. The van der Waals surface area contributed by atoms with Crippen molar-refractivity contribution in [2.75, 3.05) is 6.61 Å². The molecule has 3 unspecified atom stereocenters. The third kappa shape index (κ3) is 6.98. The molecule has 4 fully saturated rings. The molecule has 0 amide bonds. The van der Waals surface area contributed by atoms with Gasteiger partial charge in [0.15, 0.2) is 0 Å². The molecule has 4 nitrogen and oxygen atoms in total. The average Bonchev–Trinajstić information content (AvgIpc) is 3.21. The largest absolute Gasteiger partial charge is 0.458 e. The summed E-state index contributed by atoms with van der Waals surface area (Å²) in [5.74, 6) is 2.81. The van der Waals surface area contributed by atoms with E-state index in [4.69, 9.17) is 14.2 Å². The number of rotatable bonds is 8. The molecule has 0 aromatic heterocycles. The van der Waals surface area contributed by atoms with E-state index in [1.165, 1.54) is 62.5 Å². The van der Waals surface area contributed by atoms with Crippen molar-refractivity contribution in [1.29, 1.82) is 0 Å². The van der Waals surface area contributed by atoms with Gasteiger partial charge in [0, 0.05) is 6.42 Å². The number of hydrogen-bond donors (Lipinski definition) is 0. The molecule has 0 aromatic carbocycles. The Kier molecular flexibility index (Phi) is 9.78. The van der Waals surface area contributed by atoms with E-state index in [0.717, 1.165) is 43.4 Å². The number of carbonyl (C=O) groups is 1. The van der Waals surface area contributed by atoms with Crippen LogP contribution >= 0.6 is 0 Å². The lowest BCUT2D eigenvalue weighted by molar-refractivity contribution is -0.229. The van der Waals surface area contributed by atoms with Gasteiger partial charge in [0.1, 0.15) is 6.10 Å². The molecule has 1 heterocycles. The molecule has 37 heavy (non-hydrogen) atoms. The molecule has 0 N–H and O–H groups in total. The predicted molar refractivity (Wildman–Crippen MR) is 150 cm³/mol. The Morgan fingerprint density at radius 2 is 1.95 bits per heavy atom. The van der Waals surface area contributed by atoms with E-state index in [2.05, 4.69) is 46.4 Å². The quantitative estimate of drug-likeness (QED) is 0.307. The standard InChI is InChI=1S/C33H52O4/c1-22(2)9-7-10-24(4)29-16-17-30-26(11-8-19-33(29,30)6)13-14-27-21-28(15-12-23(27)3)37-31(34)32-35-20-18-25(5)36-32/h13-14,22,24-25,28-30,32H,3,7-12,15-21H2,1-2,4-6H3/b26-13+,27-14-/t24-,25-,28?,29-,30?,32?,33-/m1/s1. The van der Waals surface area contributed by atoms with Crippen molar-refractivity contribution < 1.29 is 19.0 Å². The summed E-state index contributed by atoms with van der Waals surface area (Å²) >= 11 is 0. The second kappa shape index (κ2) is 12.6. The van der Waals surface area contributed by atoms with Crippen molar-refractivity contribution in [3.05, 3.63) is 35.5 Å². The van der Waals surface area contributed by atoms with E-state index in [-0.39, 0.29) is 18.2 Å². The summed E-state index contributed by atoms with van der Waals surface area (Å²) in [6, 6.07) is 0. The van der Waals surface area contributed by atoms with Crippen LogP contribution in [0.3, 0.4) is 0 Å². The second-order valence-electron chi connectivity index (χ2n) is 13.2. The van der Waals surface area contributed by atoms with Gasteiger partial charge in [0.2, 0.25) is 0 Å². The topological polar surface area (TPSA) is 44.8 Å². The molecule has 0 radical (unpaired) electrons. The van der Waals surface area contributed by atoms with Crippen LogP contribution in [0.15, 0.2) is 35.5 Å². The summed E-state index contributed by atoms with van der Waals surface area (Å²) in [4.78, 5) is 12.6. The highest BCUT2D eigenvalue weighted by atomic mass is 16.7. The molecule has 7 atom stereocenters. The van der Waals surface area contributed by atoms with Gasteiger partial charge in [0.25, 0.3) is 6.29 Å². The summed E-state index contributed by atoms with van der Waals surface area (Å²) < 4.78 is 17.0. The fourth-order valence-electron chi connectivity index (χ4n) is 7.75. The van der Waals surface area contributed by atoms with Crippen LogP contribution in [0.1, 0.15) is 112 Å². The SMILES string of the molecule is C=C1CCC(OC(=O)C2OCC[C@@H](C)O2)C/C1=C/C=C1\CCC[C@@]2(C)C1CC[C@@H]2[C@H](C)CCCC(C)C. The Labute approximate surface area is 226 Å². The van der Waals surface area contributed by atoms with Crippen LogP contribution in [0.5, 0.6) is 0 Å². The molecule has 208 valence electrons. The van der Waals surface area contributed by atoms with E-state index in [1.807, 2.05) is 6.92 Å². The van der Waals surface area contributed by atoms with E-state index in [1.54, 1.807) is 5.57 Å². The minimum atomic E-state index is -0.883. The third-order valence-corrected chi connectivity index (χ3v) is 9.96. The molecule has 0 aromatic rings. The minimum absolute atomic E-state index is 0.0268. The Morgan fingerprint density at radius 3 is 2.70 bits per heavy atom. The fourth-order valence-corrected chi connectivity index (χ4v) is 7.75. The fraction of sp³-hybridized carbons (Fsp3) is 0.788. The number of esters is 1. The maximum Gasteiger partial charge on any atom is 0.363 e. The smallest absolute Gasteiger partial charge is 0.363 e. The highest BCUT2D eigenvalue weighted by Crippen LogP contribution is 2.60. The summed E-state index contributed by atoms with van der Waals surface area (Å²) in [6.07, 6.45) is 17.7. The summed E-state index contributed by atoms with van der Waals surface area (Å²) in [5.41, 5.74) is 4.51. The van der Waals surface area contributed by atoms with E-state index in [9.17, 15) is 4.79 Å². The Bertz CT molecular complexity index is 870. The second-order valence-corrected chi connectivity index (χ2v) is 13.2. The molecular weight excluding hydrogens is 460 g/mol. The molecule has 1 saturated heterocycles. The van der Waals surface area contributed by atoms with Crippen molar-refractivity contribution in [2.24, 2.45) is 29.1 Å². The Morgan fingerprint density at radius 1 is 1.14 bits per heavy atom. The minimum Gasteiger partial charge on any atom is -0.458 e. The zero-order valence-corrected chi connectivity index (χ0v) is 24.2. The monoisotopic (exact) mass is 512 g/mol. The zero-order valence-electron chi connectivity index (χ0n) is 24.2. The van der Waals surface area contributed by atoms with Crippen LogP contribution in [-0.4, -0.2) is 31.1 Å². The first kappa shape index (κ1) is 28.6. The first-order valence-corrected chi connectivity index (χ1v) is 15.2. The molecular formula is C33H52O4.